The summed E-state index contributed by atoms with van der Waals surface area (Å²) in [5.74, 6) is 0. The van der Waals surface area contributed by atoms with E-state index in [0.29, 0.717) is 0 Å². The molecule has 0 aromatic heterocycles. The first-order valence-corrected chi connectivity index (χ1v) is 5.59. The van der Waals surface area contributed by atoms with Crippen LogP contribution in [0.4, 0.5) is 0 Å². The van der Waals surface area contributed by atoms with Crippen molar-refractivity contribution in [3.8, 4) is 0 Å². The van der Waals surface area contributed by atoms with E-state index in [9.17, 15) is 0 Å². The Hall–Kier alpha value is -0.380. The third kappa shape index (κ3) is 5.37. The third-order valence-electron chi connectivity index (χ3n) is 1.86. The van der Waals surface area contributed by atoms with Crippen molar-refractivity contribution in [2.45, 2.75) is 6.92 Å². The first-order chi connectivity index (χ1) is 6.79. The molecule has 1 aliphatic rings. The van der Waals surface area contributed by atoms with E-state index in [4.69, 9.17) is 4.74 Å². The summed E-state index contributed by atoms with van der Waals surface area (Å²) in [4.78, 5) is 0. The predicted molar refractivity (Wildman–Crippen MR) is 62.6 cm³/mol. The fraction of sp³-hybridized carbons (Fsp3) is 0.455. The normalized spacial score (nSPS) is 15.6. The smallest absolute Gasteiger partial charge is 0.0591 e. The van der Waals surface area contributed by atoms with E-state index in [2.05, 4.69) is 40.3 Å². The third-order valence-corrected chi connectivity index (χ3v) is 2.39. The van der Waals surface area contributed by atoms with Gasteiger partial charge in [-0.3, -0.25) is 0 Å². The lowest BCUT2D eigenvalue weighted by atomic mass is 10.2. The number of nitrogens with one attached hydrogen (secondary N) is 1. The van der Waals surface area contributed by atoms with Crippen molar-refractivity contribution in [2.24, 2.45) is 0 Å². The summed E-state index contributed by atoms with van der Waals surface area (Å²) >= 11 is 3.35. The van der Waals surface area contributed by atoms with Gasteiger partial charge in [0.25, 0.3) is 0 Å². The summed E-state index contributed by atoms with van der Waals surface area (Å²) in [7, 11) is 0. The van der Waals surface area contributed by atoms with Gasteiger partial charge in [0.2, 0.25) is 0 Å². The van der Waals surface area contributed by atoms with Crippen LogP contribution in [0.5, 0.6) is 0 Å². The molecule has 0 radical (unpaired) electrons. The molecule has 0 atom stereocenters. The zero-order valence-electron chi connectivity index (χ0n) is 8.42. The molecule has 0 spiro atoms. The molecule has 1 aromatic carbocycles. The number of hydrogen-bond donors (Lipinski definition) is 1. The molecule has 2 nitrogen and oxygen atoms in total. The maximum atomic E-state index is 5.01. The molecular weight excluding hydrogens is 242 g/mol. The van der Waals surface area contributed by atoms with Crippen LogP contribution in [0.25, 0.3) is 0 Å². The molecule has 1 heterocycles. The van der Waals surface area contributed by atoms with E-state index in [1.165, 1.54) is 5.56 Å². The number of ether oxygens (including phenoxy) is 1. The predicted octanol–water partition coefficient (Wildman–Crippen LogP) is 2.36. The zero-order chi connectivity index (χ0) is 10.2. The van der Waals surface area contributed by atoms with Gasteiger partial charge in [0.15, 0.2) is 0 Å². The lowest BCUT2D eigenvalue weighted by molar-refractivity contribution is 0.109. The van der Waals surface area contributed by atoms with Crippen LogP contribution in [0.1, 0.15) is 5.56 Å². The van der Waals surface area contributed by atoms with Gasteiger partial charge in [0, 0.05) is 17.6 Å². The van der Waals surface area contributed by atoms with E-state index in [-0.39, 0.29) is 0 Å². The van der Waals surface area contributed by atoms with Crippen LogP contribution in [0.2, 0.25) is 0 Å². The van der Waals surface area contributed by atoms with Crippen molar-refractivity contribution in [3.05, 3.63) is 34.3 Å². The second kappa shape index (κ2) is 6.98. The molecule has 14 heavy (non-hydrogen) atoms. The van der Waals surface area contributed by atoms with Crippen LogP contribution in [0.3, 0.4) is 0 Å². The topological polar surface area (TPSA) is 21.3 Å². The number of rotatable bonds is 0. The molecule has 0 unspecified atom stereocenters. The van der Waals surface area contributed by atoms with Gasteiger partial charge in [0.1, 0.15) is 0 Å². The van der Waals surface area contributed by atoms with Crippen LogP contribution in [-0.2, 0) is 4.74 Å². The quantitative estimate of drug-likeness (QED) is 0.771. The molecule has 0 saturated carbocycles. The van der Waals surface area contributed by atoms with Crippen molar-refractivity contribution in [1.29, 1.82) is 0 Å². The first kappa shape index (κ1) is 11.7. The summed E-state index contributed by atoms with van der Waals surface area (Å²) in [6.07, 6.45) is 0. The highest BCUT2D eigenvalue weighted by molar-refractivity contribution is 9.10. The van der Waals surface area contributed by atoms with Gasteiger partial charge in [-0.05, 0) is 19.1 Å². The second-order valence-electron chi connectivity index (χ2n) is 3.16. The van der Waals surface area contributed by atoms with Crippen molar-refractivity contribution >= 4 is 15.9 Å². The van der Waals surface area contributed by atoms with Gasteiger partial charge in [-0.2, -0.15) is 0 Å². The van der Waals surface area contributed by atoms with Gasteiger partial charge < -0.3 is 10.1 Å². The summed E-state index contributed by atoms with van der Waals surface area (Å²) in [5, 5.41) is 3.16. The lowest BCUT2D eigenvalue weighted by Gasteiger charge is -2.10. The minimum atomic E-state index is 0.889. The summed E-state index contributed by atoms with van der Waals surface area (Å²) in [6.45, 7) is 5.91. The fourth-order valence-electron chi connectivity index (χ4n) is 1.05. The highest BCUT2D eigenvalue weighted by Crippen LogP contribution is 2.08. The molecule has 2 rings (SSSR count). The summed E-state index contributed by atoms with van der Waals surface area (Å²) < 4.78 is 6.15. The Kier molecular flexibility index (Phi) is 5.83. The van der Waals surface area contributed by atoms with Crippen LogP contribution >= 0.6 is 15.9 Å². The summed E-state index contributed by atoms with van der Waals surface area (Å²) in [6, 6.07) is 8.22. The number of hydrogen-bond acceptors (Lipinski definition) is 2. The highest BCUT2D eigenvalue weighted by atomic mass is 79.9. The van der Waals surface area contributed by atoms with Gasteiger partial charge in [-0.1, -0.05) is 33.6 Å². The number of morpholine rings is 1. The Morgan fingerprint density at radius 3 is 2.00 bits per heavy atom. The molecule has 1 aromatic rings. The van der Waals surface area contributed by atoms with E-state index >= 15 is 0 Å². The van der Waals surface area contributed by atoms with Crippen LogP contribution < -0.4 is 5.32 Å². The molecule has 1 N–H and O–H groups in total. The van der Waals surface area contributed by atoms with Gasteiger partial charge in [0.05, 0.1) is 13.2 Å². The van der Waals surface area contributed by atoms with Crippen molar-refractivity contribution in [2.75, 3.05) is 26.3 Å². The Morgan fingerprint density at radius 1 is 1.14 bits per heavy atom. The minimum Gasteiger partial charge on any atom is -0.379 e. The fourth-order valence-corrected chi connectivity index (χ4v) is 1.31. The molecule has 1 saturated heterocycles. The number of benzene rings is 1. The first-order valence-electron chi connectivity index (χ1n) is 4.79. The minimum absolute atomic E-state index is 0.889. The van der Waals surface area contributed by atoms with Crippen molar-refractivity contribution in [1.82, 2.24) is 5.32 Å². The van der Waals surface area contributed by atoms with E-state index < -0.39 is 0 Å². The molecule has 0 amide bonds. The average molecular weight is 258 g/mol. The molecule has 3 heteroatoms. The average Bonchev–Trinajstić information content (AvgIpc) is 2.26. The van der Waals surface area contributed by atoms with E-state index in [1.54, 1.807) is 0 Å². The molecular formula is C11H16BrNO. The number of halogens is 1. The SMILES string of the molecule is C1COCCN1.Cc1ccc(Br)cc1. The Labute approximate surface area is 93.8 Å². The van der Waals surface area contributed by atoms with Crippen molar-refractivity contribution < 1.29 is 4.74 Å². The Bertz CT molecular complexity index is 211. The standard InChI is InChI=1S/C7H7Br.C4H9NO/c1-6-2-4-7(8)5-3-6;1-3-6-4-2-5-1/h2-5H,1H3;5H,1-4H2. The maximum Gasteiger partial charge on any atom is 0.0591 e. The Morgan fingerprint density at radius 2 is 1.71 bits per heavy atom. The van der Waals surface area contributed by atoms with Crippen LogP contribution in [-0.4, -0.2) is 26.3 Å². The zero-order valence-corrected chi connectivity index (χ0v) is 10.0. The van der Waals surface area contributed by atoms with E-state index in [0.717, 1.165) is 30.8 Å². The largest absolute Gasteiger partial charge is 0.379 e. The van der Waals surface area contributed by atoms with Crippen LogP contribution in [0.15, 0.2) is 28.7 Å². The molecule has 0 aliphatic carbocycles. The summed E-state index contributed by atoms with van der Waals surface area (Å²) in [5.41, 5.74) is 1.30. The van der Waals surface area contributed by atoms with E-state index in [1.807, 2.05) is 12.1 Å². The molecule has 1 aliphatic heterocycles. The lowest BCUT2D eigenvalue weighted by Crippen LogP contribution is -2.30. The highest BCUT2D eigenvalue weighted by Gasteiger charge is 1.92. The van der Waals surface area contributed by atoms with Gasteiger partial charge in [-0.25, -0.2) is 0 Å². The van der Waals surface area contributed by atoms with Gasteiger partial charge in [-0.15, -0.1) is 0 Å². The molecule has 78 valence electrons. The molecule has 0 bridgehead atoms. The van der Waals surface area contributed by atoms with Crippen molar-refractivity contribution in [3.63, 3.8) is 0 Å². The monoisotopic (exact) mass is 257 g/mol. The maximum absolute atomic E-state index is 5.01. The molecule has 1 fully saturated rings. The Balaban J connectivity index is 0.000000146. The number of aryl methyl sites for hydroxylation is 1. The van der Waals surface area contributed by atoms with Crippen LogP contribution in [0, 0.1) is 6.92 Å². The second-order valence-corrected chi connectivity index (χ2v) is 4.07. The van der Waals surface area contributed by atoms with Gasteiger partial charge >= 0.3 is 0 Å².